The van der Waals surface area contributed by atoms with Gasteiger partial charge in [-0.05, 0) is 36.5 Å². The quantitative estimate of drug-likeness (QED) is 0.876. The zero-order valence-corrected chi connectivity index (χ0v) is 9.84. The second-order valence-electron chi connectivity index (χ2n) is 4.63. The lowest BCUT2D eigenvalue weighted by molar-refractivity contribution is 0.417. The lowest BCUT2D eigenvalue weighted by Gasteiger charge is -2.25. The molecule has 88 valence electrons. The second kappa shape index (κ2) is 4.34. The highest BCUT2D eigenvalue weighted by Gasteiger charge is 2.24. The highest BCUT2D eigenvalue weighted by atomic mass is 15.3. The number of nitrogens with two attached hydrogens (primary N) is 1. The van der Waals surface area contributed by atoms with E-state index in [4.69, 9.17) is 5.73 Å². The third-order valence-electron chi connectivity index (χ3n) is 3.64. The van der Waals surface area contributed by atoms with Crippen LogP contribution in [-0.2, 0) is 6.54 Å². The van der Waals surface area contributed by atoms with E-state index in [0.29, 0.717) is 12.5 Å². The first-order valence-electron chi connectivity index (χ1n) is 6.22. The molecule has 1 aromatic heterocycles. The summed E-state index contributed by atoms with van der Waals surface area (Å²) in [4.78, 5) is 0. The summed E-state index contributed by atoms with van der Waals surface area (Å²) in [5, 5.41) is 4.50. The minimum atomic E-state index is 0.556. The molecule has 1 aliphatic carbocycles. The van der Waals surface area contributed by atoms with Crippen LogP contribution in [0, 0.1) is 0 Å². The molecule has 3 rings (SSSR count). The Morgan fingerprint density at radius 1 is 1.24 bits per heavy atom. The Kier molecular flexibility index (Phi) is 2.69. The van der Waals surface area contributed by atoms with Gasteiger partial charge in [-0.3, -0.25) is 0 Å². The van der Waals surface area contributed by atoms with E-state index in [1.165, 1.54) is 30.5 Å². The topological polar surface area (TPSA) is 43.8 Å². The van der Waals surface area contributed by atoms with Crippen LogP contribution >= 0.6 is 0 Å². The van der Waals surface area contributed by atoms with Crippen molar-refractivity contribution in [1.82, 2.24) is 9.78 Å². The van der Waals surface area contributed by atoms with Crippen molar-refractivity contribution in [2.24, 2.45) is 5.73 Å². The summed E-state index contributed by atoms with van der Waals surface area (Å²) in [6.07, 6.45) is 5.91. The molecule has 0 atom stereocenters. The van der Waals surface area contributed by atoms with Crippen LogP contribution in [-0.4, -0.2) is 9.78 Å². The molecule has 2 aromatic rings. The molecule has 2 N–H and O–H groups in total. The molecular weight excluding hydrogens is 210 g/mol. The zero-order chi connectivity index (χ0) is 11.7. The van der Waals surface area contributed by atoms with Gasteiger partial charge in [-0.2, -0.15) is 5.10 Å². The van der Waals surface area contributed by atoms with Crippen molar-refractivity contribution < 1.29 is 0 Å². The normalized spacial score (nSPS) is 15.8. The van der Waals surface area contributed by atoms with Crippen molar-refractivity contribution in [3.63, 3.8) is 0 Å². The van der Waals surface area contributed by atoms with Gasteiger partial charge >= 0.3 is 0 Å². The average Bonchev–Trinajstić information content (AvgIpc) is 2.71. The Hall–Kier alpha value is -1.61. The van der Waals surface area contributed by atoms with Crippen LogP contribution in [0.1, 0.15) is 36.4 Å². The molecule has 1 aliphatic rings. The molecule has 1 saturated carbocycles. The fourth-order valence-corrected chi connectivity index (χ4v) is 2.44. The molecule has 0 saturated heterocycles. The Morgan fingerprint density at radius 2 is 2.00 bits per heavy atom. The van der Waals surface area contributed by atoms with Crippen molar-refractivity contribution in [3.05, 3.63) is 47.8 Å². The lowest BCUT2D eigenvalue weighted by atomic mass is 9.80. The smallest absolute Gasteiger partial charge is 0.0649 e. The number of hydrogen-bond acceptors (Lipinski definition) is 2. The summed E-state index contributed by atoms with van der Waals surface area (Å²) < 4.78 is 1.98. The second-order valence-corrected chi connectivity index (χ2v) is 4.63. The van der Waals surface area contributed by atoms with E-state index < -0.39 is 0 Å². The molecule has 0 aliphatic heterocycles. The summed E-state index contributed by atoms with van der Waals surface area (Å²) in [5.41, 5.74) is 9.50. The number of benzene rings is 1. The van der Waals surface area contributed by atoms with Gasteiger partial charge in [-0.15, -0.1) is 0 Å². The molecule has 0 radical (unpaired) electrons. The molecule has 17 heavy (non-hydrogen) atoms. The van der Waals surface area contributed by atoms with Gasteiger partial charge in [-0.25, -0.2) is 4.68 Å². The zero-order valence-electron chi connectivity index (χ0n) is 9.84. The summed E-state index contributed by atoms with van der Waals surface area (Å²) in [5.74, 6) is 0.686. The predicted molar refractivity (Wildman–Crippen MR) is 68.0 cm³/mol. The maximum Gasteiger partial charge on any atom is 0.0649 e. The van der Waals surface area contributed by atoms with Crippen molar-refractivity contribution in [3.8, 4) is 5.69 Å². The maximum absolute atomic E-state index is 5.89. The van der Waals surface area contributed by atoms with E-state index in [1.807, 2.05) is 29.1 Å². The lowest BCUT2D eigenvalue weighted by Crippen LogP contribution is -2.14. The highest BCUT2D eigenvalue weighted by molar-refractivity contribution is 5.36. The fraction of sp³-hybridized carbons (Fsp3) is 0.357. The molecule has 0 spiro atoms. The Bertz CT molecular complexity index is 497. The summed E-state index contributed by atoms with van der Waals surface area (Å²) in [7, 11) is 0. The first kappa shape index (κ1) is 10.5. The van der Waals surface area contributed by atoms with Crippen LogP contribution in [0.5, 0.6) is 0 Å². The Morgan fingerprint density at radius 3 is 2.59 bits per heavy atom. The van der Waals surface area contributed by atoms with E-state index in [0.717, 1.165) is 5.69 Å². The van der Waals surface area contributed by atoms with Gasteiger partial charge < -0.3 is 5.73 Å². The SMILES string of the molecule is NCc1c(C2CCC2)cnn1-c1ccccc1. The molecule has 3 heteroatoms. The highest BCUT2D eigenvalue weighted by Crippen LogP contribution is 2.38. The van der Waals surface area contributed by atoms with Crippen LogP contribution in [0.4, 0.5) is 0 Å². The van der Waals surface area contributed by atoms with Gasteiger partial charge in [0.05, 0.1) is 17.6 Å². The predicted octanol–water partition coefficient (Wildman–Crippen LogP) is 2.60. The Labute approximate surface area is 101 Å². The summed E-state index contributed by atoms with van der Waals surface area (Å²) >= 11 is 0. The molecule has 1 aromatic carbocycles. The minimum absolute atomic E-state index is 0.556. The van der Waals surface area contributed by atoms with Crippen LogP contribution in [0.15, 0.2) is 36.5 Å². The number of hydrogen-bond donors (Lipinski definition) is 1. The monoisotopic (exact) mass is 227 g/mol. The van der Waals surface area contributed by atoms with Gasteiger partial charge in [0.2, 0.25) is 0 Å². The first-order valence-corrected chi connectivity index (χ1v) is 6.22. The van der Waals surface area contributed by atoms with E-state index in [1.54, 1.807) is 0 Å². The van der Waals surface area contributed by atoms with E-state index in [-0.39, 0.29) is 0 Å². The molecule has 0 unspecified atom stereocenters. The van der Waals surface area contributed by atoms with E-state index in [9.17, 15) is 0 Å². The molecule has 3 nitrogen and oxygen atoms in total. The van der Waals surface area contributed by atoms with Crippen LogP contribution in [0.2, 0.25) is 0 Å². The van der Waals surface area contributed by atoms with Crippen molar-refractivity contribution in [2.45, 2.75) is 31.7 Å². The third kappa shape index (κ3) is 1.76. The van der Waals surface area contributed by atoms with Gasteiger partial charge in [0.1, 0.15) is 0 Å². The number of aromatic nitrogens is 2. The number of para-hydroxylation sites is 1. The van der Waals surface area contributed by atoms with Crippen LogP contribution in [0.3, 0.4) is 0 Å². The number of rotatable bonds is 3. The first-order chi connectivity index (χ1) is 8.40. The molecule has 0 amide bonds. The van der Waals surface area contributed by atoms with Crippen LogP contribution in [0.25, 0.3) is 5.69 Å². The third-order valence-corrected chi connectivity index (χ3v) is 3.64. The van der Waals surface area contributed by atoms with Gasteiger partial charge in [0, 0.05) is 6.54 Å². The van der Waals surface area contributed by atoms with Crippen molar-refractivity contribution in [2.75, 3.05) is 0 Å². The number of nitrogens with zero attached hydrogens (tertiary/aromatic N) is 2. The standard InChI is InChI=1S/C14H17N3/c15-9-14-13(11-5-4-6-11)10-16-17(14)12-7-2-1-3-8-12/h1-3,7-8,10-11H,4-6,9,15H2. The summed E-state index contributed by atoms with van der Waals surface area (Å²) in [6, 6.07) is 10.2. The Balaban J connectivity index is 2.02. The molecule has 0 bridgehead atoms. The van der Waals surface area contributed by atoms with Crippen LogP contribution < -0.4 is 5.73 Å². The fourth-order valence-electron chi connectivity index (χ4n) is 2.44. The van der Waals surface area contributed by atoms with Gasteiger partial charge in [-0.1, -0.05) is 24.6 Å². The van der Waals surface area contributed by atoms with Gasteiger partial charge in [0.15, 0.2) is 0 Å². The molecule has 1 heterocycles. The molecular formula is C14H17N3. The maximum atomic E-state index is 5.89. The van der Waals surface area contributed by atoms with Gasteiger partial charge in [0.25, 0.3) is 0 Å². The average molecular weight is 227 g/mol. The van der Waals surface area contributed by atoms with E-state index in [2.05, 4.69) is 17.2 Å². The minimum Gasteiger partial charge on any atom is -0.325 e. The molecule has 1 fully saturated rings. The summed E-state index contributed by atoms with van der Waals surface area (Å²) in [6.45, 7) is 0.556. The van der Waals surface area contributed by atoms with Crippen molar-refractivity contribution in [1.29, 1.82) is 0 Å². The van der Waals surface area contributed by atoms with E-state index >= 15 is 0 Å². The van der Waals surface area contributed by atoms with Crippen molar-refractivity contribution >= 4 is 0 Å². The largest absolute Gasteiger partial charge is 0.325 e.